The van der Waals surface area contributed by atoms with E-state index >= 15 is 0 Å². The van der Waals surface area contributed by atoms with Crippen LogP contribution in [0.15, 0.2) is 42.5 Å². The summed E-state index contributed by atoms with van der Waals surface area (Å²) in [6.45, 7) is 2.37. The van der Waals surface area contributed by atoms with E-state index in [0.717, 1.165) is 20.9 Å². The van der Waals surface area contributed by atoms with Gasteiger partial charge in [-0.15, -0.1) is 11.3 Å². The number of nitrogens with zero attached hydrogens (tertiary/aromatic N) is 2. The molecule has 0 spiro atoms. The minimum atomic E-state index is -0.447. The molecule has 3 aromatic rings. The molecule has 1 aliphatic rings. The van der Waals surface area contributed by atoms with Gasteiger partial charge in [0.1, 0.15) is 5.82 Å². The van der Waals surface area contributed by atoms with Crippen molar-refractivity contribution in [2.24, 2.45) is 5.92 Å². The summed E-state index contributed by atoms with van der Waals surface area (Å²) >= 11 is 1.61. The molecule has 2 amide bonds. The van der Waals surface area contributed by atoms with E-state index < -0.39 is 5.92 Å². The summed E-state index contributed by atoms with van der Waals surface area (Å²) in [5.41, 5.74) is 2.04. The van der Waals surface area contributed by atoms with Gasteiger partial charge in [-0.2, -0.15) is 0 Å². The Morgan fingerprint density at radius 2 is 2.15 bits per heavy atom. The second-order valence-corrected chi connectivity index (χ2v) is 7.83. The summed E-state index contributed by atoms with van der Waals surface area (Å²) in [6.07, 6.45) is 0.150. The Bertz CT molecular complexity index is 1030. The number of aromatic nitrogens is 1. The minimum absolute atomic E-state index is 0.0904. The predicted molar refractivity (Wildman–Crippen MR) is 103 cm³/mol. The van der Waals surface area contributed by atoms with E-state index in [9.17, 15) is 14.0 Å². The molecule has 4 rings (SSSR count). The third-order valence-corrected chi connectivity index (χ3v) is 5.65. The van der Waals surface area contributed by atoms with Crippen molar-refractivity contribution in [1.29, 1.82) is 0 Å². The quantitative estimate of drug-likeness (QED) is 0.751. The number of hydrogen-bond donors (Lipinski definition) is 1. The van der Waals surface area contributed by atoms with Crippen LogP contribution in [0.4, 0.5) is 10.1 Å². The Morgan fingerprint density at radius 1 is 1.33 bits per heavy atom. The Kier molecular flexibility index (Phi) is 4.61. The molecule has 138 valence electrons. The van der Waals surface area contributed by atoms with Gasteiger partial charge in [0.2, 0.25) is 11.8 Å². The molecule has 7 heteroatoms. The van der Waals surface area contributed by atoms with Crippen molar-refractivity contribution >= 4 is 39.1 Å². The zero-order chi connectivity index (χ0) is 19.0. The van der Waals surface area contributed by atoms with Crippen molar-refractivity contribution in [3.8, 4) is 0 Å². The molecule has 0 bridgehead atoms. The monoisotopic (exact) mass is 383 g/mol. The van der Waals surface area contributed by atoms with Gasteiger partial charge in [0.05, 0.1) is 21.1 Å². The van der Waals surface area contributed by atoms with Gasteiger partial charge in [0.15, 0.2) is 0 Å². The molecule has 2 aromatic carbocycles. The Morgan fingerprint density at radius 3 is 2.96 bits per heavy atom. The summed E-state index contributed by atoms with van der Waals surface area (Å²) in [5.74, 6) is -1.13. The predicted octanol–water partition coefficient (Wildman–Crippen LogP) is 3.41. The standard InChI is InChI=1S/C20H18FN3O2S/c1-12-23-17-9-15(6-7-18(17)27-12)24-11-14(8-19(24)25)20(26)22-10-13-4-2-3-5-16(13)21/h2-7,9,14H,8,10-11H2,1H3,(H,22,26). The number of anilines is 1. The first-order chi connectivity index (χ1) is 13.0. The van der Waals surface area contributed by atoms with Crippen LogP contribution >= 0.6 is 11.3 Å². The maximum absolute atomic E-state index is 13.7. The van der Waals surface area contributed by atoms with Gasteiger partial charge in [-0.05, 0) is 31.2 Å². The van der Waals surface area contributed by atoms with Crippen LogP contribution in [-0.2, 0) is 16.1 Å². The molecule has 1 aliphatic heterocycles. The summed E-state index contributed by atoms with van der Waals surface area (Å²) in [7, 11) is 0. The highest BCUT2D eigenvalue weighted by Crippen LogP contribution is 2.30. The van der Waals surface area contributed by atoms with Gasteiger partial charge in [-0.3, -0.25) is 9.59 Å². The van der Waals surface area contributed by atoms with E-state index in [1.54, 1.807) is 34.4 Å². The molecule has 1 N–H and O–H groups in total. The van der Waals surface area contributed by atoms with Crippen LogP contribution in [0.25, 0.3) is 10.2 Å². The van der Waals surface area contributed by atoms with Crippen LogP contribution in [-0.4, -0.2) is 23.3 Å². The Hall–Kier alpha value is -2.80. The number of carbonyl (C=O) groups is 2. The summed E-state index contributed by atoms with van der Waals surface area (Å²) in [4.78, 5) is 31.0. The van der Waals surface area contributed by atoms with E-state index in [-0.39, 0.29) is 30.6 Å². The van der Waals surface area contributed by atoms with E-state index in [2.05, 4.69) is 10.3 Å². The SMILES string of the molecule is Cc1nc2cc(N3CC(C(=O)NCc4ccccc4F)CC3=O)ccc2s1. The lowest BCUT2D eigenvalue weighted by Crippen LogP contribution is -2.32. The molecule has 1 atom stereocenters. The fourth-order valence-electron chi connectivity index (χ4n) is 3.30. The third kappa shape index (κ3) is 3.55. The number of aryl methyl sites for hydroxylation is 1. The fraction of sp³-hybridized carbons (Fsp3) is 0.250. The molecule has 1 aromatic heterocycles. The molecule has 1 fully saturated rings. The van der Waals surface area contributed by atoms with Crippen molar-refractivity contribution < 1.29 is 14.0 Å². The Labute approximate surface area is 159 Å². The number of halogens is 1. The van der Waals surface area contributed by atoms with Crippen molar-refractivity contribution in [1.82, 2.24) is 10.3 Å². The molecule has 1 saturated heterocycles. The topological polar surface area (TPSA) is 62.3 Å². The van der Waals surface area contributed by atoms with Crippen LogP contribution in [0.1, 0.15) is 17.0 Å². The molecule has 2 heterocycles. The van der Waals surface area contributed by atoms with E-state index in [1.165, 1.54) is 6.07 Å². The number of nitrogens with one attached hydrogen (secondary N) is 1. The number of thiazole rings is 1. The number of amides is 2. The van der Waals surface area contributed by atoms with Crippen LogP contribution in [0.2, 0.25) is 0 Å². The van der Waals surface area contributed by atoms with Gasteiger partial charge in [0.25, 0.3) is 0 Å². The Balaban J connectivity index is 1.44. The van der Waals surface area contributed by atoms with Crippen molar-refractivity contribution in [3.05, 3.63) is 58.9 Å². The highest BCUT2D eigenvalue weighted by atomic mass is 32.1. The van der Waals surface area contributed by atoms with Crippen LogP contribution < -0.4 is 10.2 Å². The first kappa shape index (κ1) is 17.6. The van der Waals surface area contributed by atoms with Gasteiger partial charge < -0.3 is 10.2 Å². The van der Waals surface area contributed by atoms with E-state index in [0.29, 0.717) is 12.1 Å². The molecule has 0 radical (unpaired) electrons. The highest BCUT2D eigenvalue weighted by molar-refractivity contribution is 7.18. The molecule has 0 saturated carbocycles. The lowest BCUT2D eigenvalue weighted by atomic mass is 10.1. The normalized spacial score (nSPS) is 16.9. The molecule has 5 nitrogen and oxygen atoms in total. The van der Waals surface area contributed by atoms with Crippen molar-refractivity contribution in [2.45, 2.75) is 19.9 Å². The fourth-order valence-corrected chi connectivity index (χ4v) is 4.11. The van der Waals surface area contributed by atoms with Crippen molar-refractivity contribution in [2.75, 3.05) is 11.4 Å². The average molecular weight is 383 g/mol. The number of fused-ring (bicyclic) bond motifs is 1. The number of rotatable bonds is 4. The number of benzene rings is 2. The van der Waals surface area contributed by atoms with Gasteiger partial charge in [0, 0.05) is 30.8 Å². The lowest BCUT2D eigenvalue weighted by molar-refractivity contribution is -0.126. The van der Waals surface area contributed by atoms with Crippen LogP contribution in [0.3, 0.4) is 0 Å². The maximum atomic E-state index is 13.7. The van der Waals surface area contributed by atoms with Gasteiger partial charge in [-0.1, -0.05) is 18.2 Å². The number of carbonyl (C=O) groups excluding carboxylic acids is 2. The van der Waals surface area contributed by atoms with Crippen LogP contribution in [0, 0.1) is 18.7 Å². The van der Waals surface area contributed by atoms with E-state index in [4.69, 9.17) is 0 Å². The minimum Gasteiger partial charge on any atom is -0.352 e. The molecule has 0 aliphatic carbocycles. The zero-order valence-electron chi connectivity index (χ0n) is 14.7. The number of hydrogen-bond acceptors (Lipinski definition) is 4. The average Bonchev–Trinajstić information content (AvgIpc) is 3.21. The second kappa shape index (κ2) is 7.08. The molecule has 1 unspecified atom stereocenters. The third-order valence-electron chi connectivity index (χ3n) is 4.70. The second-order valence-electron chi connectivity index (χ2n) is 6.60. The zero-order valence-corrected chi connectivity index (χ0v) is 15.6. The summed E-state index contributed by atoms with van der Waals surface area (Å²) in [5, 5.41) is 3.71. The largest absolute Gasteiger partial charge is 0.352 e. The first-order valence-corrected chi connectivity index (χ1v) is 9.51. The van der Waals surface area contributed by atoms with Crippen molar-refractivity contribution in [3.63, 3.8) is 0 Å². The first-order valence-electron chi connectivity index (χ1n) is 8.70. The molecular weight excluding hydrogens is 365 g/mol. The molecule has 27 heavy (non-hydrogen) atoms. The maximum Gasteiger partial charge on any atom is 0.227 e. The van der Waals surface area contributed by atoms with Gasteiger partial charge in [-0.25, -0.2) is 9.37 Å². The highest BCUT2D eigenvalue weighted by Gasteiger charge is 2.35. The smallest absolute Gasteiger partial charge is 0.227 e. The van der Waals surface area contributed by atoms with Gasteiger partial charge >= 0.3 is 0 Å². The summed E-state index contributed by atoms with van der Waals surface area (Å²) < 4.78 is 14.7. The van der Waals surface area contributed by atoms with Crippen LogP contribution in [0.5, 0.6) is 0 Å². The lowest BCUT2D eigenvalue weighted by Gasteiger charge is -2.16. The van der Waals surface area contributed by atoms with E-state index in [1.807, 2.05) is 25.1 Å². The molecular formula is C20H18FN3O2S. The summed E-state index contributed by atoms with van der Waals surface area (Å²) in [6, 6.07) is 12.0.